The smallest absolute Gasteiger partial charge is 0.318 e. The third kappa shape index (κ3) is 14.0. The number of hydrogen-bond donors (Lipinski definition) is 1. The first kappa shape index (κ1) is 57.7. The van der Waals surface area contributed by atoms with Gasteiger partial charge in [0, 0.05) is 98.6 Å². The molecule has 414 valence electrons. The fourth-order valence-electron chi connectivity index (χ4n) is 10.9. The Morgan fingerprint density at radius 3 is 1.96 bits per heavy atom. The van der Waals surface area contributed by atoms with E-state index in [1.807, 2.05) is 50.2 Å². The van der Waals surface area contributed by atoms with Crippen molar-refractivity contribution in [1.82, 2.24) is 35.1 Å². The van der Waals surface area contributed by atoms with Gasteiger partial charge in [-0.05, 0) is 120 Å². The molecule has 2 atom stereocenters. The summed E-state index contributed by atoms with van der Waals surface area (Å²) in [7, 11) is 9.80. The average Bonchev–Trinajstić information content (AvgIpc) is 3.81. The quantitative estimate of drug-likeness (QED) is 0.0525. The minimum atomic E-state index is 0.112. The Balaban J connectivity index is 0.000000184. The molecule has 6 aromatic rings. The number of nitrogens with one attached hydrogen (secondary N) is 1. The summed E-state index contributed by atoms with van der Waals surface area (Å²) in [4.78, 5) is 44.5. The normalized spacial score (nSPS) is 17.2. The summed E-state index contributed by atoms with van der Waals surface area (Å²) in [6.45, 7) is 12.0. The van der Waals surface area contributed by atoms with Crippen molar-refractivity contribution in [3.05, 3.63) is 118 Å². The molecule has 78 heavy (non-hydrogen) atoms. The molecule has 0 aliphatic carbocycles. The zero-order valence-electron chi connectivity index (χ0n) is 46.8. The lowest BCUT2D eigenvalue weighted by atomic mass is 10.0. The van der Waals surface area contributed by atoms with Gasteiger partial charge in [-0.15, -0.1) is 0 Å². The van der Waals surface area contributed by atoms with Crippen molar-refractivity contribution in [2.45, 2.75) is 103 Å². The van der Waals surface area contributed by atoms with Gasteiger partial charge in [0.25, 0.3) is 0 Å². The number of likely N-dealkylation sites (N-methyl/N-ethyl adjacent to an activating group) is 2. The third-order valence-electron chi connectivity index (χ3n) is 15.5. The van der Waals surface area contributed by atoms with Crippen LogP contribution in [0, 0.1) is 11.5 Å². The van der Waals surface area contributed by atoms with Crippen LogP contribution >= 0.6 is 23.2 Å². The summed E-state index contributed by atoms with van der Waals surface area (Å²) >= 11 is 13.3. The van der Waals surface area contributed by atoms with Crippen molar-refractivity contribution >= 4 is 73.5 Å². The topological polar surface area (TPSA) is 142 Å². The van der Waals surface area contributed by atoms with Gasteiger partial charge in [-0.25, -0.2) is 0 Å². The predicted molar refractivity (Wildman–Crippen MR) is 319 cm³/mol. The van der Waals surface area contributed by atoms with Crippen molar-refractivity contribution in [2.75, 3.05) is 107 Å². The van der Waals surface area contributed by atoms with Gasteiger partial charge >= 0.3 is 12.0 Å². The number of unbranched alkanes of at least 4 members (excludes halogenated alkanes) is 2. The molecular weight excluding hydrogens is 1020 g/mol. The molecule has 6 heterocycles. The molecule has 1 N–H and O–H groups in total. The molecule has 0 amide bonds. The zero-order valence-corrected chi connectivity index (χ0v) is 48.3. The van der Waals surface area contributed by atoms with E-state index in [9.17, 15) is 10.1 Å². The fourth-order valence-corrected chi connectivity index (χ4v) is 11.4. The maximum Gasteiger partial charge on any atom is 0.318 e. The van der Waals surface area contributed by atoms with Gasteiger partial charge in [-0.3, -0.25) is 9.69 Å². The molecule has 4 aliphatic heterocycles. The first-order chi connectivity index (χ1) is 37.9. The van der Waals surface area contributed by atoms with E-state index < -0.39 is 0 Å². The van der Waals surface area contributed by atoms with Gasteiger partial charge in [0.05, 0.1) is 41.6 Å². The second-order valence-corrected chi connectivity index (χ2v) is 21.6. The van der Waals surface area contributed by atoms with Crippen LogP contribution in [0.4, 0.5) is 23.0 Å². The van der Waals surface area contributed by atoms with Crippen molar-refractivity contribution in [3.63, 3.8) is 0 Å². The van der Waals surface area contributed by atoms with Gasteiger partial charge in [0.2, 0.25) is 0 Å². The first-order valence-electron chi connectivity index (χ1n) is 27.8. The number of hydrogen-bond acceptors (Lipinski definition) is 15. The van der Waals surface area contributed by atoms with E-state index in [1.54, 1.807) is 19.3 Å². The Morgan fingerprint density at radius 2 is 1.41 bits per heavy atom. The number of methoxy groups -OCH3 is 1. The molecule has 0 bridgehead atoms. The number of nitriles is 1. The van der Waals surface area contributed by atoms with E-state index in [2.05, 4.69) is 106 Å². The minimum Gasteiger partial charge on any atom is -0.467 e. The lowest BCUT2D eigenvalue weighted by Crippen LogP contribution is -2.48. The summed E-state index contributed by atoms with van der Waals surface area (Å²) in [5.74, 6) is 1.88. The fraction of sp³-hybridized carbons (Fsp3) is 0.475. The Hall–Kier alpha value is -6.44. The summed E-state index contributed by atoms with van der Waals surface area (Å²) < 4.78 is 11.6. The van der Waals surface area contributed by atoms with Gasteiger partial charge in [-0.1, -0.05) is 97.6 Å². The number of carbonyl (C=O) groups excluding carboxylic acids is 1. The summed E-state index contributed by atoms with van der Waals surface area (Å²) in [6, 6.07) is 26.1. The Labute approximate surface area is 472 Å². The number of fused-ring (bicyclic) bond motifs is 4. The largest absolute Gasteiger partial charge is 0.467 e. The molecule has 17 heteroatoms. The summed E-state index contributed by atoms with van der Waals surface area (Å²) in [6.07, 6.45) is 16.1. The molecule has 0 saturated carbocycles. The Bertz CT molecular complexity index is 3050. The van der Waals surface area contributed by atoms with Gasteiger partial charge in [0.1, 0.15) is 18.2 Å². The van der Waals surface area contributed by atoms with E-state index in [0.29, 0.717) is 57.3 Å². The number of anilines is 4. The monoisotopic (exact) mass is 1100 g/mol. The molecule has 0 spiro atoms. The number of aromatic nitrogens is 4. The standard InChI is InChI=1S/C29H34ClN5O2.C26H29ClN6O.C6H15N/c1-4-7-22(36)13-16-34(3)28-23-14-17-35(26-11-6-9-20-8-5-10-24(30)27(20)26)18-25(23)31-29(32-28)37-19-21-12-15-33(21)2;1-31(19-9-3-4-13-32(15-19)17-28)25-20-12-14-33(16-22(20)29-26(30-25)34-2)23-11-6-8-18-7-5-10-21(27)24(18)23;1-3-4-5-6-7-2/h4-11,21H,12-19H2,1-3H3;5-8,10-11,19H,3-4,9,12-16H2,1-2H3;7H,3-6H2,1-2H3/b7-4+;;. The highest BCUT2D eigenvalue weighted by atomic mass is 35.5. The highest BCUT2D eigenvalue weighted by Crippen LogP contribution is 2.39. The second kappa shape index (κ2) is 27.9. The lowest BCUT2D eigenvalue weighted by molar-refractivity contribution is -0.114. The molecular formula is C61H78Cl2N12O3. The van der Waals surface area contributed by atoms with Gasteiger partial charge in [-0.2, -0.15) is 25.2 Å². The molecule has 15 nitrogen and oxygen atoms in total. The van der Waals surface area contributed by atoms with Crippen molar-refractivity contribution in [3.8, 4) is 18.2 Å². The number of benzene rings is 4. The molecule has 4 aliphatic rings. The average molecular weight is 1100 g/mol. The number of carbonyl (C=O) groups is 1. The van der Waals surface area contributed by atoms with Crippen molar-refractivity contribution < 1.29 is 14.3 Å². The van der Waals surface area contributed by atoms with E-state index in [4.69, 9.17) is 52.6 Å². The Morgan fingerprint density at radius 1 is 0.808 bits per heavy atom. The number of halogens is 2. The Kier molecular flexibility index (Phi) is 20.7. The van der Waals surface area contributed by atoms with Crippen LogP contribution in [0.2, 0.25) is 10.0 Å². The van der Waals surface area contributed by atoms with E-state index in [0.717, 1.165) is 136 Å². The molecule has 2 fully saturated rings. The van der Waals surface area contributed by atoms with Crippen LogP contribution in [0.5, 0.6) is 12.0 Å². The minimum absolute atomic E-state index is 0.112. The van der Waals surface area contributed by atoms with Crippen LogP contribution < -0.4 is 34.4 Å². The summed E-state index contributed by atoms with van der Waals surface area (Å²) in [5, 5.41) is 18.5. The number of rotatable bonds is 17. The van der Waals surface area contributed by atoms with Crippen molar-refractivity contribution in [2.24, 2.45) is 0 Å². The van der Waals surface area contributed by atoms with Crippen LogP contribution in [-0.4, -0.2) is 135 Å². The molecule has 4 aromatic carbocycles. The van der Waals surface area contributed by atoms with Crippen LogP contribution in [-0.2, 0) is 30.7 Å². The maximum absolute atomic E-state index is 12.1. The highest BCUT2D eigenvalue weighted by Gasteiger charge is 2.31. The molecule has 2 saturated heterocycles. The SMILES string of the molecule is C/C=C/C(=O)CCN(C)c1nc(OCC2CCN2C)nc2c1CCN(c1cccc3cccc(Cl)c13)C2.CCCCCNC.COc1nc2c(c(N(C)C3CCCCN(C#N)C3)n1)CCN(c1cccc3cccc(Cl)c13)C2. The van der Waals surface area contributed by atoms with Crippen LogP contribution in [0.15, 0.2) is 84.9 Å². The van der Waals surface area contributed by atoms with E-state index in [1.165, 1.54) is 31.4 Å². The molecule has 2 aromatic heterocycles. The highest BCUT2D eigenvalue weighted by molar-refractivity contribution is 6.37. The molecule has 2 unspecified atom stereocenters. The van der Waals surface area contributed by atoms with Crippen LogP contribution in [0.25, 0.3) is 21.5 Å². The third-order valence-corrected chi connectivity index (χ3v) is 16.2. The summed E-state index contributed by atoms with van der Waals surface area (Å²) in [5.41, 5.74) is 6.46. The number of nitrogens with zero attached hydrogens (tertiary/aromatic N) is 11. The van der Waals surface area contributed by atoms with Crippen LogP contribution in [0.1, 0.15) is 87.7 Å². The van der Waals surface area contributed by atoms with Gasteiger partial charge < -0.3 is 39.3 Å². The molecule has 10 rings (SSSR count). The van der Waals surface area contributed by atoms with E-state index >= 15 is 0 Å². The second-order valence-electron chi connectivity index (χ2n) is 20.8. The first-order valence-corrected chi connectivity index (χ1v) is 28.6. The lowest BCUT2D eigenvalue weighted by Gasteiger charge is -2.37. The zero-order chi connectivity index (χ0) is 55.1. The molecule has 0 radical (unpaired) electrons. The number of ether oxygens (including phenoxy) is 2. The van der Waals surface area contributed by atoms with Crippen LogP contribution in [0.3, 0.4) is 0 Å². The number of allylic oxidation sites excluding steroid dienone is 2. The predicted octanol–water partition coefficient (Wildman–Crippen LogP) is 10.9. The number of ketones is 1. The maximum atomic E-state index is 12.1. The van der Waals surface area contributed by atoms with Crippen molar-refractivity contribution in [1.29, 1.82) is 5.26 Å². The number of likely N-dealkylation sites (tertiary alicyclic amines) is 2. The van der Waals surface area contributed by atoms with Gasteiger partial charge in [0.15, 0.2) is 12.0 Å². The van der Waals surface area contributed by atoms with E-state index in [-0.39, 0.29) is 11.8 Å².